The van der Waals surface area contributed by atoms with Gasteiger partial charge in [0.05, 0.1) is 12.7 Å². The highest BCUT2D eigenvalue weighted by molar-refractivity contribution is 6.03. The molecule has 1 amide bonds. The number of hydrogen-bond donors (Lipinski definition) is 1. The average molecular weight is 239 g/mol. The maximum Gasteiger partial charge on any atom is 0.264 e. The molecule has 0 saturated carbocycles. The quantitative estimate of drug-likeness (QED) is 0.894. The molecule has 0 spiro atoms. The van der Waals surface area contributed by atoms with Crippen LogP contribution in [-0.2, 0) is 0 Å². The molecule has 0 aliphatic carbocycles. The molecule has 3 nitrogen and oxygen atoms in total. The third kappa shape index (κ3) is 2.80. The van der Waals surface area contributed by atoms with Crippen LogP contribution in [0.5, 0.6) is 5.75 Å². The lowest BCUT2D eigenvalue weighted by atomic mass is 10.2. The third-order valence-electron chi connectivity index (χ3n) is 2.50. The molecule has 3 heteroatoms. The van der Waals surface area contributed by atoms with Crippen LogP contribution in [0.15, 0.2) is 36.4 Å². The van der Waals surface area contributed by atoms with Crippen molar-refractivity contribution in [2.75, 3.05) is 12.4 Å². The first kappa shape index (κ1) is 12.0. The predicted octanol–water partition coefficient (Wildman–Crippen LogP) is 2.86. The van der Waals surface area contributed by atoms with Crippen LogP contribution in [0, 0.1) is 19.1 Å². The van der Waals surface area contributed by atoms with E-state index in [0.717, 1.165) is 11.3 Å². The number of hydrogen-bond acceptors (Lipinski definition) is 2. The standard InChI is InChI=1S/C15H13NO2/c1-11-3-7-13(8-4-11)16-15(17)12-5-9-14(18-2)10-6-12/h3-5,7-9H,1-2H3,(H,16,17). The van der Waals surface area contributed by atoms with Gasteiger partial charge in [0.1, 0.15) is 0 Å². The molecule has 2 rings (SSSR count). The van der Waals surface area contributed by atoms with E-state index in [4.69, 9.17) is 4.74 Å². The average Bonchev–Trinajstić information content (AvgIpc) is 2.41. The summed E-state index contributed by atoms with van der Waals surface area (Å²) in [6.07, 6.45) is 0. The van der Waals surface area contributed by atoms with Crippen LogP contribution < -0.4 is 10.1 Å². The van der Waals surface area contributed by atoms with E-state index in [2.05, 4.69) is 17.4 Å². The van der Waals surface area contributed by atoms with Crippen LogP contribution in [0.3, 0.4) is 0 Å². The van der Waals surface area contributed by atoms with Crippen molar-refractivity contribution in [1.82, 2.24) is 0 Å². The van der Waals surface area contributed by atoms with Crippen molar-refractivity contribution in [3.05, 3.63) is 59.7 Å². The highest BCUT2D eigenvalue weighted by Crippen LogP contribution is 2.11. The fourth-order valence-corrected chi connectivity index (χ4v) is 1.46. The molecule has 1 N–H and O–H groups in total. The van der Waals surface area contributed by atoms with Crippen molar-refractivity contribution in [3.63, 3.8) is 0 Å². The summed E-state index contributed by atoms with van der Waals surface area (Å²) in [6, 6.07) is 16.5. The second kappa shape index (κ2) is 5.24. The first-order chi connectivity index (χ1) is 8.69. The van der Waals surface area contributed by atoms with Gasteiger partial charge in [0.25, 0.3) is 5.91 Å². The van der Waals surface area contributed by atoms with Gasteiger partial charge in [-0.3, -0.25) is 4.79 Å². The van der Waals surface area contributed by atoms with Crippen LogP contribution >= 0.6 is 0 Å². The number of aryl methyl sites for hydroxylation is 1. The monoisotopic (exact) mass is 239 g/mol. The minimum atomic E-state index is -0.210. The molecular weight excluding hydrogens is 226 g/mol. The van der Waals surface area contributed by atoms with Gasteiger partial charge < -0.3 is 10.1 Å². The molecule has 2 aromatic carbocycles. The topological polar surface area (TPSA) is 38.3 Å². The molecule has 0 aliphatic heterocycles. The van der Waals surface area contributed by atoms with Crippen molar-refractivity contribution < 1.29 is 9.53 Å². The van der Waals surface area contributed by atoms with E-state index >= 15 is 0 Å². The molecular formula is C15H13NO2. The largest absolute Gasteiger partial charge is 0.489 e. The predicted molar refractivity (Wildman–Crippen MR) is 69.8 cm³/mol. The SMILES string of the molecule is COc1c#cc(C(=O)Nc2ccc(C)cc2)cc1. The van der Waals surface area contributed by atoms with E-state index in [-0.39, 0.29) is 5.91 Å². The van der Waals surface area contributed by atoms with Gasteiger partial charge in [-0.05, 0) is 37.3 Å². The zero-order valence-electron chi connectivity index (χ0n) is 10.3. The van der Waals surface area contributed by atoms with Gasteiger partial charge in [-0.2, -0.15) is 0 Å². The van der Waals surface area contributed by atoms with Gasteiger partial charge in [-0.15, -0.1) is 0 Å². The number of benzene rings is 1. The van der Waals surface area contributed by atoms with E-state index in [1.54, 1.807) is 19.2 Å². The van der Waals surface area contributed by atoms with Crippen molar-refractivity contribution in [1.29, 1.82) is 0 Å². The molecule has 0 aliphatic rings. The Balaban J connectivity index is 2.09. The maximum absolute atomic E-state index is 11.9. The first-order valence-corrected chi connectivity index (χ1v) is 5.55. The number of carbonyl (C=O) groups excluding carboxylic acids is 1. The van der Waals surface area contributed by atoms with E-state index in [9.17, 15) is 4.79 Å². The molecule has 0 fully saturated rings. The number of anilines is 1. The van der Waals surface area contributed by atoms with E-state index in [1.807, 2.05) is 31.2 Å². The van der Waals surface area contributed by atoms with Crippen LogP contribution in [0.4, 0.5) is 5.69 Å². The smallest absolute Gasteiger partial charge is 0.264 e. The lowest BCUT2D eigenvalue weighted by Crippen LogP contribution is -2.11. The summed E-state index contributed by atoms with van der Waals surface area (Å²) in [6.45, 7) is 2.00. The molecule has 18 heavy (non-hydrogen) atoms. The van der Waals surface area contributed by atoms with E-state index in [0.29, 0.717) is 11.3 Å². The Morgan fingerprint density at radius 1 is 1.11 bits per heavy atom. The normalized spacial score (nSPS) is 9.44. The van der Waals surface area contributed by atoms with Crippen LogP contribution in [-0.4, -0.2) is 13.0 Å². The van der Waals surface area contributed by atoms with Crippen LogP contribution in [0.1, 0.15) is 15.9 Å². The molecule has 0 bridgehead atoms. The minimum absolute atomic E-state index is 0.210. The second-order valence-corrected chi connectivity index (χ2v) is 3.89. The van der Waals surface area contributed by atoms with Gasteiger partial charge in [0.15, 0.2) is 5.75 Å². The lowest BCUT2D eigenvalue weighted by Gasteiger charge is -2.04. The van der Waals surface area contributed by atoms with Gasteiger partial charge in [-0.1, -0.05) is 23.8 Å². The molecule has 2 aromatic rings. The lowest BCUT2D eigenvalue weighted by molar-refractivity contribution is 0.102. The Bertz CT molecular complexity index is 529. The Kier molecular flexibility index (Phi) is 3.49. The Hall–Kier alpha value is -2.47. The number of rotatable bonds is 3. The molecule has 0 radical (unpaired) electrons. The highest BCUT2D eigenvalue weighted by Gasteiger charge is 2.05. The van der Waals surface area contributed by atoms with Crippen LogP contribution in [0.2, 0.25) is 0 Å². The molecule has 0 unspecified atom stereocenters. The number of nitrogens with one attached hydrogen (secondary N) is 1. The molecule has 0 aromatic heterocycles. The van der Waals surface area contributed by atoms with E-state index in [1.165, 1.54) is 0 Å². The first-order valence-electron chi connectivity index (χ1n) is 5.55. The zero-order chi connectivity index (χ0) is 13.0. The van der Waals surface area contributed by atoms with Crippen LogP contribution in [0.25, 0.3) is 0 Å². The Morgan fingerprint density at radius 3 is 2.39 bits per heavy atom. The summed E-state index contributed by atoms with van der Waals surface area (Å²) >= 11 is 0. The van der Waals surface area contributed by atoms with E-state index < -0.39 is 0 Å². The Morgan fingerprint density at radius 2 is 1.83 bits per heavy atom. The van der Waals surface area contributed by atoms with Crippen molar-refractivity contribution in [3.8, 4) is 5.75 Å². The van der Waals surface area contributed by atoms with Crippen molar-refractivity contribution in [2.24, 2.45) is 0 Å². The summed E-state index contributed by atoms with van der Waals surface area (Å²) in [5.41, 5.74) is 2.34. The third-order valence-corrected chi connectivity index (χ3v) is 2.50. The summed E-state index contributed by atoms with van der Waals surface area (Å²) in [4.78, 5) is 11.9. The molecule has 0 saturated heterocycles. The minimum Gasteiger partial charge on any atom is -0.489 e. The summed E-state index contributed by atoms with van der Waals surface area (Å²) in [5, 5.41) is 2.79. The summed E-state index contributed by atoms with van der Waals surface area (Å²) in [7, 11) is 1.55. The highest BCUT2D eigenvalue weighted by atomic mass is 16.5. The fourth-order valence-electron chi connectivity index (χ4n) is 1.46. The van der Waals surface area contributed by atoms with Gasteiger partial charge >= 0.3 is 0 Å². The molecule has 90 valence electrons. The number of carbonyl (C=O) groups is 1. The molecule has 0 atom stereocenters. The number of methoxy groups -OCH3 is 1. The fraction of sp³-hybridized carbons (Fsp3) is 0.133. The number of amides is 1. The second-order valence-electron chi connectivity index (χ2n) is 3.89. The zero-order valence-corrected chi connectivity index (χ0v) is 10.3. The Labute approximate surface area is 106 Å². The summed E-state index contributed by atoms with van der Waals surface area (Å²) < 4.78 is 4.96. The van der Waals surface area contributed by atoms with Gasteiger partial charge in [0.2, 0.25) is 0 Å². The maximum atomic E-state index is 11.9. The van der Waals surface area contributed by atoms with Gasteiger partial charge in [0, 0.05) is 5.69 Å². The molecule has 0 heterocycles. The number of ether oxygens (including phenoxy) is 1. The van der Waals surface area contributed by atoms with Crippen molar-refractivity contribution >= 4 is 11.6 Å². The van der Waals surface area contributed by atoms with Gasteiger partial charge in [-0.25, -0.2) is 0 Å². The summed E-state index contributed by atoms with van der Waals surface area (Å²) in [5.74, 6) is 0.347. The van der Waals surface area contributed by atoms with Crippen molar-refractivity contribution in [2.45, 2.75) is 6.92 Å².